The molecule has 0 amide bonds. The molecule has 0 aliphatic carbocycles. The fourth-order valence-electron chi connectivity index (χ4n) is 3.04. The summed E-state index contributed by atoms with van der Waals surface area (Å²) < 4.78 is 15.1. The van der Waals surface area contributed by atoms with E-state index < -0.39 is 8.53 Å². The highest BCUT2D eigenvalue weighted by molar-refractivity contribution is 7.45. The molecule has 0 fully saturated rings. The molecule has 0 aliphatic heterocycles. The quantitative estimate of drug-likeness (QED) is 0.274. The normalized spacial score (nSPS) is 10.9. The number of hydrogen-bond donors (Lipinski definition) is 0. The van der Waals surface area contributed by atoms with Crippen LogP contribution in [0.1, 0.15) is 11.1 Å². The second-order valence-corrected chi connectivity index (χ2v) is 8.25. The minimum atomic E-state index is -1.39. The molecule has 150 valence electrons. The Morgan fingerprint density at radius 2 is 0.800 bits per heavy atom. The van der Waals surface area contributed by atoms with Gasteiger partial charge in [-0.3, -0.25) is 0 Å². The zero-order valence-electron chi connectivity index (χ0n) is 16.7. The van der Waals surface area contributed by atoms with Gasteiger partial charge in [0, 0.05) is 13.1 Å². The van der Waals surface area contributed by atoms with Crippen LogP contribution < -0.4 is 9.05 Å². The standard InChI is InChI=1S/C26H24NO2P/c1-5-13-23(14-6-1)21-27(22-24-15-7-2-8-16-24)30(28-25-17-9-3-10-18-25)29-26-19-11-4-12-20-26/h1-20H,21-22H2. The van der Waals surface area contributed by atoms with E-state index in [0.717, 1.165) is 24.6 Å². The molecule has 0 saturated carbocycles. The predicted octanol–water partition coefficient (Wildman–Crippen LogP) is 7.07. The van der Waals surface area contributed by atoms with Crippen molar-refractivity contribution in [3.8, 4) is 11.5 Å². The van der Waals surface area contributed by atoms with E-state index >= 15 is 0 Å². The summed E-state index contributed by atoms with van der Waals surface area (Å²) in [4.78, 5) is 0. The van der Waals surface area contributed by atoms with Crippen LogP contribution >= 0.6 is 8.53 Å². The SMILES string of the molecule is c1ccc(CN(Cc2ccccc2)P(Oc2ccccc2)Oc2ccccc2)cc1. The number of benzene rings is 4. The Hall–Kier alpha value is -3.13. The summed E-state index contributed by atoms with van der Waals surface area (Å²) in [6.07, 6.45) is 0. The van der Waals surface area contributed by atoms with Gasteiger partial charge in [-0.05, 0) is 35.4 Å². The largest absolute Gasteiger partial charge is 0.427 e. The average Bonchev–Trinajstić information content (AvgIpc) is 2.81. The topological polar surface area (TPSA) is 21.7 Å². The highest BCUT2D eigenvalue weighted by atomic mass is 31.2. The maximum atomic E-state index is 6.39. The lowest BCUT2D eigenvalue weighted by Gasteiger charge is -2.29. The molecular weight excluding hydrogens is 389 g/mol. The summed E-state index contributed by atoms with van der Waals surface area (Å²) in [5, 5.41) is 0. The average molecular weight is 413 g/mol. The summed E-state index contributed by atoms with van der Waals surface area (Å²) in [6, 6.07) is 40.6. The van der Waals surface area contributed by atoms with E-state index in [1.165, 1.54) is 11.1 Å². The van der Waals surface area contributed by atoms with Crippen LogP contribution in [0.15, 0.2) is 121 Å². The number of nitrogens with zero attached hydrogens (tertiary/aromatic N) is 1. The first-order chi connectivity index (χ1) is 14.9. The third-order valence-electron chi connectivity index (χ3n) is 4.50. The molecule has 0 bridgehead atoms. The third-order valence-corrected chi connectivity index (χ3v) is 5.98. The highest BCUT2D eigenvalue weighted by Crippen LogP contribution is 2.45. The van der Waals surface area contributed by atoms with E-state index in [9.17, 15) is 0 Å². The summed E-state index contributed by atoms with van der Waals surface area (Å²) in [5.74, 6) is 1.59. The van der Waals surface area contributed by atoms with Gasteiger partial charge in [0.05, 0.1) is 0 Å². The fraction of sp³-hybridized carbons (Fsp3) is 0.0769. The van der Waals surface area contributed by atoms with Gasteiger partial charge in [0.1, 0.15) is 11.5 Å². The Balaban J connectivity index is 1.64. The van der Waals surface area contributed by atoms with Crippen molar-refractivity contribution in [2.45, 2.75) is 13.1 Å². The zero-order chi connectivity index (χ0) is 20.4. The molecule has 0 radical (unpaired) electrons. The summed E-state index contributed by atoms with van der Waals surface area (Å²) in [7, 11) is -1.39. The van der Waals surface area contributed by atoms with E-state index in [1.54, 1.807) is 0 Å². The summed E-state index contributed by atoms with van der Waals surface area (Å²) in [6.45, 7) is 1.45. The molecule has 0 aliphatic rings. The van der Waals surface area contributed by atoms with E-state index in [-0.39, 0.29) is 0 Å². The predicted molar refractivity (Wildman–Crippen MR) is 123 cm³/mol. The Morgan fingerprint density at radius 3 is 1.17 bits per heavy atom. The van der Waals surface area contributed by atoms with Gasteiger partial charge in [0.2, 0.25) is 0 Å². The van der Waals surface area contributed by atoms with Crippen LogP contribution in [-0.4, -0.2) is 4.67 Å². The molecule has 0 unspecified atom stereocenters. The van der Waals surface area contributed by atoms with Gasteiger partial charge < -0.3 is 9.05 Å². The second kappa shape index (κ2) is 10.6. The lowest BCUT2D eigenvalue weighted by molar-refractivity contribution is 0.341. The van der Waals surface area contributed by atoms with Crippen molar-refractivity contribution in [1.82, 2.24) is 4.67 Å². The van der Waals surface area contributed by atoms with Crippen molar-refractivity contribution in [1.29, 1.82) is 0 Å². The van der Waals surface area contributed by atoms with Crippen LogP contribution in [0, 0.1) is 0 Å². The van der Waals surface area contributed by atoms with Gasteiger partial charge in [0.15, 0.2) is 0 Å². The lowest BCUT2D eigenvalue weighted by atomic mass is 10.2. The molecule has 0 atom stereocenters. The molecular formula is C26H24NO2P. The summed E-state index contributed by atoms with van der Waals surface area (Å²) >= 11 is 0. The van der Waals surface area contributed by atoms with E-state index in [0.29, 0.717) is 0 Å². The van der Waals surface area contributed by atoms with Crippen LogP contribution in [0.4, 0.5) is 0 Å². The van der Waals surface area contributed by atoms with Crippen LogP contribution in [0.2, 0.25) is 0 Å². The molecule has 4 aromatic carbocycles. The Morgan fingerprint density at radius 1 is 0.467 bits per heavy atom. The van der Waals surface area contributed by atoms with Crippen molar-refractivity contribution in [2.24, 2.45) is 0 Å². The third kappa shape index (κ3) is 5.93. The lowest BCUT2D eigenvalue weighted by Crippen LogP contribution is -2.22. The molecule has 4 heteroatoms. The Kier molecular flexibility index (Phi) is 7.12. The first kappa shape index (κ1) is 20.2. The molecule has 4 rings (SSSR count). The maximum absolute atomic E-state index is 6.39. The monoisotopic (exact) mass is 413 g/mol. The first-order valence-electron chi connectivity index (χ1n) is 9.96. The van der Waals surface area contributed by atoms with Gasteiger partial charge in [-0.15, -0.1) is 0 Å². The van der Waals surface area contributed by atoms with Gasteiger partial charge in [-0.1, -0.05) is 97.1 Å². The molecule has 30 heavy (non-hydrogen) atoms. The Labute approximate surface area is 179 Å². The molecule has 3 nitrogen and oxygen atoms in total. The van der Waals surface area contributed by atoms with Crippen molar-refractivity contribution in [3.63, 3.8) is 0 Å². The van der Waals surface area contributed by atoms with Gasteiger partial charge in [-0.25, -0.2) is 4.67 Å². The number of para-hydroxylation sites is 2. The smallest absolute Gasteiger partial charge is 0.385 e. The van der Waals surface area contributed by atoms with E-state index in [2.05, 4.69) is 53.2 Å². The maximum Gasteiger partial charge on any atom is 0.385 e. The van der Waals surface area contributed by atoms with Crippen molar-refractivity contribution < 1.29 is 9.05 Å². The molecule has 0 saturated heterocycles. The molecule has 0 spiro atoms. The molecule has 0 aromatic heterocycles. The number of rotatable bonds is 9. The zero-order valence-corrected chi connectivity index (χ0v) is 17.6. The first-order valence-corrected chi connectivity index (χ1v) is 11.1. The minimum absolute atomic E-state index is 0.723. The van der Waals surface area contributed by atoms with Crippen LogP contribution in [0.25, 0.3) is 0 Å². The Bertz CT molecular complexity index is 830. The van der Waals surface area contributed by atoms with E-state index in [4.69, 9.17) is 9.05 Å². The van der Waals surface area contributed by atoms with Crippen LogP contribution in [0.3, 0.4) is 0 Å². The van der Waals surface area contributed by atoms with Crippen molar-refractivity contribution in [3.05, 3.63) is 132 Å². The minimum Gasteiger partial charge on any atom is -0.427 e. The molecule has 0 heterocycles. The fourth-order valence-corrected chi connectivity index (χ4v) is 4.47. The second-order valence-electron chi connectivity index (χ2n) is 6.84. The van der Waals surface area contributed by atoms with Crippen molar-refractivity contribution >= 4 is 8.53 Å². The molecule has 4 aromatic rings. The van der Waals surface area contributed by atoms with Gasteiger partial charge >= 0.3 is 8.53 Å². The number of hydrogen-bond acceptors (Lipinski definition) is 3. The van der Waals surface area contributed by atoms with Crippen molar-refractivity contribution in [2.75, 3.05) is 0 Å². The molecule has 0 N–H and O–H groups in total. The van der Waals surface area contributed by atoms with Crippen LogP contribution in [0.5, 0.6) is 11.5 Å². The van der Waals surface area contributed by atoms with Gasteiger partial charge in [0.25, 0.3) is 0 Å². The van der Waals surface area contributed by atoms with Gasteiger partial charge in [-0.2, -0.15) is 0 Å². The van der Waals surface area contributed by atoms with E-state index in [1.807, 2.05) is 72.8 Å². The highest BCUT2D eigenvalue weighted by Gasteiger charge is 2.26. The van der Waals surface area contributed by atoms with Crippen LogP contribution in [-0.2, 0) is 13.1 Å². The summed E-state index contributed by atoms with van der Waals surface area (Å²) in [5.41, 5.74) is 2.43.